The minimum atomic E-state index is -0.304. The van der Waals surface area contributed by atoms with Crippen LogP contribution in [0.15, 0.2) is 24.3 Å². The highest BCUT2D eigenvalue weighted by Gasteiger charge is 2.36. The van der Waals surface area contributed by atoms with E-state index in [1.165, 1.54) is 11.1 Å². The summed E-state index contributed by atoms with van der Waals surface area (Å²) in [6.45, 7) is 3.39. The summed E-state index contributed by atoms with van der Waals surface area (Å²) in [5.74, 6) is 0.0495. The van der Waals surface area contributed by atoms with E-state index in [1.807, 2.05) is 12.1 Å². The molecule has 120 valence electrons. The second-order valence-corrected chi connectivity index (χ2v) is 7.04. The van der Waals surface area contributed by atoms with Gasteiger partial charge in [0, 0.05) is 18.5 Å². The Morgan fingerprint density at radius 1 is 1.36 bits per heavy atom. The van der Waals surface area contributed by atoms with E-state index in [2.05, 4.69) is 29.7 Å². The first kappa shape index (κ1) is 15.5. The summed E-state index contributed by atoms with van der Waals surface area (Å²) in [5, 5.41) is 16.6. The van der Waals surface area contributed by atoms with Crippen LogP contribution < -0.4 is 10.6 Å². The van der Waals surface area contributed by atoms with Crippen LogP contribution in [0.5, 0.6) is 0 Å². The number of fused-ring (bicyclic) bond motifs is 1. The van der Waals surface area contributed by atoms with Gasteiger partial charge in [0.1, 0.15) is 0 Å². The molecule has 1 amide bonds. The minimum Gasteiger partial charge on any atom is -0.392 e. The van der Waals surface area contributed by atoms with E-state index in [9.17, 15) is 9.90 Å². The lowest BCUT2D eigenvalue weighted by molar-refractivity contribution is -0.124. The van der Waals surface area contributed by atoms with Crippen molar-refractivity contribution in [3.05, 3.63) is 35.4 Å². The Hall–Kier alpha value is -1.39. The van der Waals surface area contributed by atoms with Gasteiger partial charge in [-0.05, 0) is 30.4 Å². The van der Waals surface area contributed by atoms with Gasteiger partial charge in [-0.3, -0.25) is 4.79 Å². The number of aliphatic hydroxyl groups excluding tert-OH is 1. The first-order chi connectivity index (χ1) is 10.6. The van der Waals surface area contributed by atoms with E-state index in [0.29, 0.717) is 6.54 Å². The Kier molecular flexibility index (Phi) is 4.50. The second kappa shape index (κ2) is 6.39. The lowest BCUT2D eigenvalue weighted by Gasteiger charge is -2.39. The zero-order chi connectivity index (χ0) is 15.6. The zero-order valence-corrected chi connectivity index (χ0v) is 13.3. The third kappa shape index (κ3) is 3.18. The number of amides is 1. The quantitative estimate of drug-likeness (QED) is 0.797. The molecule has 0 radical (unpaired) electrons. The van der Waals surface area contributed by atoms with E-state index in [0.717, 1.165) is 38.6 Å². The van der Waals surface area contributed by atoms with Crippen molar-refractivity contribution in [2.75, 3.05) is 6.54 Å². The molecule has 0 spiro atoms. The van der Waals surface area contributed by atoms with Crippen LogP contribution in [0, 0.1) is 5.41 Å². The number of nitrogens with one attached hydrogen (secondary N) is 2. The highest BCUT2D eigenvalue weighted by molar-refractivity contribution is 5.82. The maximum atomic E-state index is 12.4. The predicted molar refractivity (Wildman–Crippen MR) is 86.4 cm³/mol. The first-order valence-corrected chi connectivity index (χ1v) is 8.34. The normalized spacial score (nSPS) is 31.4. The molecule has 4 heteroatoms. The van der Waals surface area contributed by atoms with Crippen molar-refractivity contribution < 1.29 is 9.90 Å². The SMILES string of the molecule is C[C@]1(CNC(=O)[C@H]2Cc3ccccc3CN2)CCCC[C@H]1O. The molecule has 0 unspecified atom stereocenters. The highest BCUT2D eigenvalue weighted by atomic mass is 16.3. The Morgan fingerprint density at radius 2 is 2.14 bits per heavy atom. The van der Waals surface area contributed by atoms with E-state index in [1.54, 1.807) is 0 Å². The van der Waals surface area contributed by atoms with Gasteiger partial charge in [0.15, 0.2) is 0 Å². The van der Waals surface area contributed by atoms with Crippen LogP contribution in [-0.2, 0) is 17.8 Å². The minimum absolute atomic E-state index is 0.0495. The average Bonchev–Trinajstić information content (AvgIpc) is 2.55. The first-order valence-electron chi connectivity index (χ1n) is 8.34. The summed E-state index contributed by atoms with van der Waals surface area (Å²) in [5.41, 5.74) is 2.35. The summed E-state index contributed by atoms with van der Waals surface area (Å²) < 4.78 is 0. The Labute approximate surface area is 132 Å². The topological polar surface area (TPSA) is 61.4 Å². The second-order valence-electron chi connectivity index (χ2n) is 7.04. The molecule has 22 heavy (non-hydrogen) atoms. The van der Waals surface area contributed by atoms with E-state index >= 15 is 0 Å². The molecule has 1 aliphatic heterocycles. The lowest BCUT2D eigenvalue weighted by atomic mass is 9.73. The fourth-order valence-corrected chi connectivity index (χ4v) is 3.64. The fourth-order valence-electron chi connectivity index (χ4n) is 3.64. The van der Waals surface area contributed by atoms with Gasteiger partial charge in [0.25, 0.3) is 0 Å². The van der Waals surface area contributed by atoms with Crippen LogP contribution in [0.25, 0.3) is 0 Å². The van der Waals surface area contributed by atoms with Crippen molar-refractivity contribution in [1.29, 1.82) is 0 Å². The van der Waals surface area contributed by atoms with Crippen molar-refractivity contribution in [3.63, 3.8) is 0 Å². The highest BCUT2D eigenvalue weighted by Crippen LogP contribution is 2.35. The zero-order valence-electron chi connectivity index (χ0n) is 13.3. The molecule has 1 heterocycles. The van der Waals surface area contributed by atoms with Crippen LogP contribution in [0.4, 0.5) is 0 Å². The molecule has 1 aromatic rings. The molecule has 3 atom stereocenters. The summed E-state index contributed by atoms with van der Waals surface area (Å²) in [4.78, 5) is 12.4. The fraction of sp³-hybridized carbons (Fsp3) is 0.611. The molecule has 1 fully saturated rings. The molecule has 1 aromatic carbocycles. The van der Waals surface area contributed by atoms with Gasteiger partial charge in [-0.2, -0.15) is 0 Å². The van der Waals surface area contributed by atoms with Crippen LogP contribution in [0.1, 0.15) is 43.7 Å². The molecular formula is C18H26N2O2. The van der Waals surface area contributed by atoms with Crippen molar-refractivity contribution >= 4 is 5.91 Å². The van der Waals surface area contributed by atoms with Crippen LogP contribution >= 0.6 is 0 Å². The third-order valence-electron chi connectivity index (χ3n) is 5.34. The number of rotatable bonds is 3. The van der Waals surface area contributed by atoms with Crippen molar-refractivity contribution in [3.8, 4) is 0 Å². The predicted octanol–water partition coefficient (Wildman–Crippen LogP) is 1.76. The summed E-state index contributed by atoms with van der Waals surface area (Å²) in [7, 11) is 0. The number of hydrogen-bond acceptors (Lipinski definition) is 3. The molecule has 0 bridgehead atoms. The van der Waals surface area contributed by atoms with Gasteiger partial charge in [0.2, 0.25) is 5.91 Å². The summed E-state index contributed by atoms with van der Waals surface area (Å²) in [6.07, 6.45) is 4.49. The molecule has 4 nitrogen and oxygen atoms in total. The molecule has 0 saturated heterocycles. The third-order valence-corrected chi connectivity index (χ3v) is 5.34. The Balaban J connectivity index is 1.57. The molecule has 3 N–H and O–H groups in total. The molecule has 0 aromatic heterocycles. The maximum absolute atomic E-state index is 12.4. The van der Waals surface area contributed by atoms with Gasteiger partial charge >= 0.3 is 0 Å². The van der Waals surface area contributed by atoms with Crippen molar-refractivity contribution in [1.82, 2.24) is 10.6 Å². The van der Waals surface area contributed by atoms with Gasteiger partial charge in [-0.1, -0.05) is 44.0 Å². The van der Waals surface area contributed by atoms with E-state index < -0.39 is 0 Å². The van der Waals surface area contributed by atoms with E-state index in [-0.39, 0.29) is 23.5 Å². The van der Waals surface area contributed by atoms with Gasteiger partial charge < -0.3 is 15.7 Å². The number of carbonyl (C=O) groups excluding carboxylic acids is 1. The van der Waals surface area contributed by atoms with E-state index in [4.69, 9.17) is 0 Å². The van der Waals surface area contributed by atoms with Crippen molar-refractivity contribution in [2.24, 2.45) is 5.41 Å². The maximum Gasteiger partial charge on any atom is 0.237 e. The standard InChI is InChI=1S/C18H26N2O2/c1-18(9-5-4-8-16(18)21)12-20-17(22)15-10-13-6-2-3-7-14(13)11-19-15/h2-3,6-7,15-16,19,21H,4-5,8-12H2,1H3,(H,20,22)/t15-,16-,18-/m1/s1. The largest absolute Gasteiger partial charge is 0.392 e. The molecule has 2 aliphatic rings. The van der Waals surface area contributed by atoms with Gasteiger partial charge in [-0.25, -0.2) is 0 Å². The van der Waals surface area contributed by atoms with Crippen LogP contribution in [-0.4, -0.2) is 29.7 Å². The molecule has 1 saturated carbocycles. The molecule has 3 rings (SSSR count). The van der Waals surface area contributed by atoms with Gasteiger partial charge in [0.05, 0.1) is 12.1 Å². The lowest BCUT2D eigenvalue weighted by Crippen LogP contribution is -2.52. The van der Waals surface area contributed by atoms with Crippen LogP contribution in [0.2, 0.25) is 0 Å². The smallest absolute Gasteiger partial charge is 0.237 e. The number of carbonyl (C=O) groups is 1. The van der Waals surface area contributed by atoms with Gasteiger partial charge in [-0.15, -0.1) is 0 Å². The number of hydrogen-bond donors (Lipinski definition) is 3. The Morgan fingerprint density at radius 3 is 2.91 bits per heavy atom. The molecular weight excluding hydrogens is 276 g/mol. The average molecular weight is 302 g/mol. The molecule has 1 aliphatic carbocycles. The van der Waals surface area contributed by atoms with Crippen LogP contribution in [0.3, 0.4) is 0 Å². The number of benzene rings is 1. The summed E-state index contributed by atoms with van der Waals surface area (Å²) in [6, 6.07) is 8.10. The Bertz CT molecular complexity index is 546. The van der Waals surface area contributed by atoms with Crippen molar-refractivity contribution in [2.45, 2.75) is 57.7 Å². The monoisotopic (exact) mass is 302 g/mol. The number of aliphatic hydroxyl groups is 1. The summed E-state index contributed by atoms with van der Waals surface area (Å²) >= 11 is 0.